The second-order valence-corrected chi connectivity index (χ2v) is 4.24. The van der Waals surface area contributed by atoms with Crippen LogP contribution in [0.1, 0.15) is 31.9 Å². The molecule has 1 fully saturated rings. The minimum absolute atomic E-state index is 0.685. The van der Waals surface area contributed by atoms with Crippen molar-refractivity contribution < 1.29 is 0 Å². The van der Waals surface area contributed by atoms with E-state index in [9.17, 15) is 0 Å². The van der Waals surface area contributed by atoms with Crippen LogP contribution in [0.4, 0.5) is 0 Å². The van der Waals surface area contributed by atoms with Crippen molar-refractivity contribution in [1.82, 2.24) is 20.3 Å². The molecule has 0 radical (unpaired) electrons. The molecule has 0 bridgehead atoms. The molecule has 4 nitrogen and oxygen atoms in total. The Morgan fingerprint density at radius 2 is 2.43 bits per heavy atom. The summed E-state index contributed by atoms with van der Waals surface area (Å²) in [6.45, 7) is 3.21. The van der Waals surface area contributed by atoms with Gasteiger partial charge in [0.2, 0.25) is 0 Å². The lowest BCUT2D eigenvalue weighted by atomic mass is 10.1. The zero-order valence-electron chi connectivity index (χ0n) is 8.90. The highest BCUT2D eigenvalue weighted by Gasteiger charge is 2.22. The number of rotatable bonds is 3. The van der Waals surface area contributed by atoms with Gasteiger partial charge in [-0.1, -0.05) is 18.6 Å². The smallest absolute Gasteiger partial charge is 0.0738 e. The van der Waals surface area contributed by atoms with Crippen LogP contribution < -0.4 is 5.32 Å². The molecule has 1 N–H and O–H groups in total. The van der Waals surface area contributed by atoms with E-state index < -0.39 is 0 Å². The molecule has 4 heteroatoms. The Kier molecular flexibility index (Phi) is 2.82. The molecule has 1 heterocycles. The maximum absolute atomic E-state index is 3.91. The zero-order chi connectivity index (χ0) is 9.97. The van der Waals surface area contributed by atoms with Crippen molar-refractivity contribution in [2.24, 2.45) is 13.0 Å². The van der Waals surface area contributed by atoms with Gasteiger partial charge in [-0.3, -0.25) is 4.68 Å². The molecule has 1 aromatic heterocycles. The molecule has 0 saturated heterocycles. The van der Waals surface area contributed by atoms with Crippen LogP contribution in [0.5, 0.6) is 0 Å². The molecule has 2 unspecified atom stereocenters. The zero-order valence-corrected chi connectivity index (χ0v) is 8.90. The topological polar surface area (TPSA) is 42.7 Å². The van der Waals surface area contributed by atoms with Crippen molar-refractivity contribution in [1.29, 1.82) is 0 Å². The fourth-order valence-corrected chi connectivity index (χ4v) is 2.16. The lowest BCUT2D eigenvalue weighted by molar-refractivity contribution is 0.419. The lowest BCUT2D eigenvalue weighted by Gasteiger charge is -2.16. The summed E-state index contributed by atoms with van der Waals surface area (Å²) in [5.41, 5.74) is 1.16. The first-order valence-corrected chi connectivity index (χ1v) is 5.34. The van der Waals surface area contributed by atoms with E-state index in [1.807, 2.05) is 17.9 Å². The predicted molar refractivity (Wildman–Crippen MR) is 54.6 cm³/mol. The number of nitrogens with one attached hydrogen (secondary N) is 1. The molecular weight excluding hydrogens is 176 g/mol. The van der Waals surface area contributed by atoms with Gasteiger partial charge in [0.1, 0.15) is 0 Å². The van der Waals surface area contributed by atoms with Gasteiger partial charge in [0.25, 0.3) is 0 Å². The fraction of sp³-hybridized carbons (Fsp3) is 0.800. The summed E-state index contributed by atoms with van der Waals surface area (Å²) >= 11 is 0. The molecule has 1 aliphatic rings. The molecule has 2 rings (SSSR count). The summed E-state index contributed by atoms with van der Waals surface area (Å²) in [6.07, 6.45) is 5.86. The average Bonchev–Trinajstić information content (AvgIpc) is 2.72. The Labute approximate surface area is 84.7 Å². The Balaban J connectivity index is 1.85. The van der Waals surface area contributed by atoms with Crippen molar-refractivity contribution in [3.63, 3.8) is 0 Å². The van der Waals surface area contributed by atoms with Gasteiger partial charge in [0.15, 0.2) is 0 Å². The summed E-state index contributed by atoms with van der Waals surface area (Å²) in [5.74, 6) is 0.816. The van der Waals surface area contributed by atoms with Crippen molar-refractivity contribution in [3.8, 4) is 0 Å². The molecule has 0 spiro atoms. The monoisotopic (exact) mass is 194 g/mol. The molecule has 2 atom stereocenters. The molecule has 78 valence electrons. The highest BCUT2D eigenvalue weighted by molar-refractivity contribution is 4.94. The van der Waals surface area contributed by atoms with E-state index in [1.54, 1.807) is 0 Å². The molecule has 0 aliphatic heterocycles. The number of hydrogen-bond acceptors (Lipinski definition) is 3. The van der Waals surface area contributed by atoms with Gasteiger partial charge in [-0.15, -0.1) is 5.10 Å². The molecule has 0 aromatic carbocycles. The van der Waals surface area contributed by atoms with Crippen LogP contribution in [0.15, 0.2) is 6.20 Å². The van der Waals surface area contributed by atoms with E-state index in [2.05, 4.69) is 22.6 Å². The Morgan fingerprint density at radius 1 is 1.57 bits per heavy atom. The van der Waals surface area contributed by atoms with Gasteiger partial charge in [-0.25, -0.2) is 0 Å². The van der Waals surface area contributed by atoms with Gasteiger partial charge in [0, 0.05) is 19.6 Å². The van der Waals surface area contributed by atoms with E-state index in [0.717, 1.165) is 18.2 Å². The lowest BCUT2D eigenvalue weighted by Crippen LogP contribution is -2.31. The van der Waals surface area contributed by atoms with Crippen molar-refractivity contribution in [2.45, 2.75) is 38.8 Å². The Bertz CT molecular complexity index is 294. The highest BCUT2D eigenvalue weighted by Crippen LogP contribution is 2.24. The average molecular weight is 194 g/mol. The van der Waals surface area contributed by atoms with Crippen LogP contribution in [0, 0.1) is 5.92 Å². The SMILES string of the molecule is CC1CCCC1NCc1cnnn1C. The molecule has 14 heavy (non-hydrogen) atoms. The maximum Gasteiger partial charge on any atom is 0.0738 e. The van der Waals surface area contributed by atoms with Crippen LogP contribution in [-0.2, 0) is 13.6 Å². The summed E-state index contributed by atoms with van der Waals surface area (Å²) in [6, 6.07) is 0.685. The Hall–Kier alpha value is -0.900. The van der Waals surface area contributed by atoms with Crippen molar-refractivity contribution in [3.05, 3.63) is 11.9 Å². The summed E-state index contributed by atoms with van der Waals surface area (Å²) in [7, 11) is 1.93. The van der Waals surface area contributed by atoms with Crippen LogP contribution in [-0.4, -0.2) is 21.0 Å². The number of aromatic nitrogens is 3. The normalized spacial score (nSPS) is 27.0. The third-order valence-corrected chi connectivity index (χ3v) is 3.22. The van der Waals surface area contributed by atoms with Crippen LogP contribution >= 0.6 is 0 Å². The first kappa shape index (κ1) is 9.65. The number of hydrogen-bond donors (Lipinski definition) is 1. The van der Waals surface area contributed by atoms with Crippen molar-refractivity contribution in [2.75, 3.05) is 0 Å². The largest absolute Gasteiger partial charge is 0.308 e. The van der Waals surface area contributed by atoms with E-state index in [-0.39, 0.29) is 0 Å². The summed E-state index contributed by atoms with van der Waals surface area (Å²) in [5, 5.41) is 11.3. The van der Waals surface area contributed by atoms with Crippen LogP contribution in [0.3, 0.4) is 0 Å². The first-order chi connectivity index (χ1) is 6.77. The van der Waals surface area contributed by atoms with E-state index >= 15 is 0 Å². The quantitative estimate of drug-likeness (QED) is 0.783. The first-order valence-electron chi connectivity index (χ1n) is 5.34. The number of nitrogens with zero attached hydrogens (tertiary/aromatic N) is 3. The molecule has 0 amide bonds. The third kappa shape index (κ3) is 1.95. The molecule has 1 aliphatic carbocycles. The minimum Gasteiger partial charge on any atom is -0.308 e. The minimum atomic E-state index is 0.685. The van der Waals surface area contributed by atoms with Gasteiger partial charge in [-0.2, -0.15) is 0 Å². The van der Waals surface area contributed by atoms with Crippen LogP contribution in [0.25, 0.3) is 0 Å². The predicted octanol–water partition coefficient (Wildman–Crippen LogP) is 1.09. The second-order valence-electron chi connectivity index (χ2n) is 4.24. The van der Waals surface area contributed by atoms with Gasteiger partial charge >= 0.3 is 0 Å². The fourth-order valence-electron chi connectivity index (χ4n) is 2.16. The van der Waals surface area contributed by atoms with E-state index in [1.165, 1.54) is 19.3 Å². The maximum atomic E-state index is 3.91. The third-order valence-electron chi connectivity index (χ3n) is 3.22. The van der Waals surface area contributed by atoms with E-state index in [4.69, 9.17) is 0 Å². The van der Waals surface area contributed by atoms with Crippen molar-refractivity contribution >= 4 is 0 Å². The summed E-state index contributed by atoms with van der Waals surface area (Å²) in [4.78, 5) is 0. The van der Waals surface area contributed by atoms with Gasteiger partial charge < -0.3 is 5.32 Å². The number of aryl methyl sites for hydroxylation is 1. The standard InChI is InChI=1S/C10H18N4/c1-8-4-3-5-10(8)11-6-9-7-12-13-14(9)2/h7-8,10-11H,3-6H2,1-2H3. The van der Waals surface area contributed by atoms with Crippen LogP contribution in [0.2, 0.25) is 0 Å². The van der Waals surface area contributed by atoms with E-state index in [0.29, 0.717) is 6.04 Å². The highest BCUT2D eigenvalue weighted by atomic mass is 15.4. The second kappa shape index (κ2) is 4.09. The molecule has 1 aromatic rings. The molecule has 1 saturated carbocycles. The summed E-state index contributed by atoms with van der Waals surface area (Å²) < 4.78 is 1.83. The Morgan fingerprint density at radius 3 is 3.00 bits per heavy atom. The van der Waals surface area contributed by atoms with Gasteiger partial charge in [-0.05, 0) is 18.8 Å². The van der Waals surface area contributed by atoms with Gasteiger partial charge in [0.05, 0.1) is 11.9 Å². The molecular formula is C10H18N4.